The van der Waals surface area contributed by atoms with Gasteiger partial charge in [0.15, 0.2) is 0 Å². The van der Waals surface area contributed by atoms with Gasteiger partial charge in [0, 0.05) is 0 Å². The molecule has 38 heavy (non-hydrogen) atoms. The summed E-state index contributed by atoms with van der Waals surface area (Å²) < 4.78 is 86.0. The third-order valence-electron chi connectivity index (χ3n) is 6.72. The van der Waals surface area contributed by atoms with Crippen molar-refractivity contribution in [3.8, 4) is 0 Å². The minimum atomic E-state index is -4.91. The van der Waals surface area contributed by atoms with Crippen molar-refractivity contribution in [1.29, 1.82) is 0 Å². The molecule has 0 spiro atoms. The lowest BCUT2D eigenvalue weighted by molar-refractivity contribution is -0.143. The average Bonchev–Trinajstić information content (AvgIpc) is 3.29. The van der Waals surface area contributed by atoms with Crippen LogP contribution in [-0.4, -0.2) is 27.5 Å². The van der Waals surface area contributed by atoms with Gasteiger partial charge in [-0.2, -0.15) is 26.3 Å². The number of aromatic nitrogens is 2. The first-order valence-electron chi connectivity index (χ1n) is 12.2. The Labute approximate surface area is 215 Å². The van der Waals surface area contributed by atoms with E-state index in [1.807, 2.05) is 54.6 Å². The number of nitrogens with one attached hydrogen (secondary N) is 1. The number of hydrogen-bond acceptors (Lipinski definition) is 3. The Kier molecular flexibility index (Phi) is 7.19. The molecule has 0 amide bonds. The van der Waals surface area contributed by atoms with Gasteiger partial charge in [0.1, 0.15) is 5.82 Å². The maximum absolute atomic E-state index is 13.3. The number of alkyl halides is 6. The van der Waals surface area contributed by atoms with Crippen LogP contribution in [0.2, 0.25) is 0 Å². The van der Waals surface area contributed by atoms with E-state index < -0.39 is 29.6 Å². The lowest BCUT2D eigenvalue weighted by Crippen LogP contribution is -2.42. The number of hydrogen-bond donors (Lipinski definition) is 1. The van der Waals surface area contributed by atoms with Crippen molar-refractivity contribution in [3.05, 3.63) is 101 Å². The molecule has 200 valence electrons. The predicted octanol–water partition coefficient (Wildman–Crippen LogP) is 7.52. The van der Waals surface area contributed by atoms with E-state index in [1.165, 1.54) is 0 Å². The number of piperidine rings is 1. The van der Waals surface area contributed by atoms with Crippen molar-refractivity contribution < 1.29 is 31.1 Å². The van der Waals surface area contributed by atoms with E-state index in [9.17, 15) is 26.3 Å². The topological polar surface area (TPSA) is 41.1 Å². The second kappa shape index (κ2) is 10.4. The fourth-order valence-electron chi connectivity index (χ4n) is 5.03. The molecule has 0 saturated carbocycles. The maximum Gasteiger partial charge on any atom is 0.416 e. The fourth-order valence-corrected chi connectivity index (χ4v) is 5.03. The van der Waals surface area contributed by atoms with Gasteiger partial charge in [-0.25, -0.2) is 4.98 Å². The van der Waals surface area contributed by atoms with Crippen LogP contribution in [0, 0.1) is 0 Å². The average molecular weight is 534 g/mol. The standard InChI is InChI=1S/C28H25F6N3O/c29-27(30,31)20-13-18(14-21(15-20)28(32,33)34)17-38-24-11-6-12-37(26(24)19-7-2-1-3-8-19)16-25-35-22-9-4-5-10-23(22)36-25/h1-5,7-10,13-15,24,26H,6,11-12,16-17H2,(H,35,36)/t24-,26-/m1/s1. The predicted molar refractivity (Wildman–Crippen MR) is 130 cm³/mol. The molecule has 1 aliphatic heterocycles. The quantitative estimate of drug-likeness (QED) is 0.261. The third kappa shape index (κ3) is 5.86. The van der Waals surface area contributed by atoms with Gasteiger partial charge < -0.3 is 9.72 Å². The van der Waals surface area contributed by atoms with E-state index >= 15 is 0 Å². The largest absolute Gasteiger partial charge is 0.416 e. The second-order valence-corrected chi connectivity index (χ2v) is 9.43. The lowest BCUT2D eigenvalue weighted by Gasteiger charge is -2.41. The normalized spacial score (nSPS) is 19.2. The lowest BCUT2D eigenvalue weighted by atomic mass is 9.92. The Morgan fingerprint density at radius 1 is 0.868 bits per heavy atom. The minimum absolute atomic E-state index is 0.131. The van der Waals surface area contributed by atoms with Crippen molar-refractivity contribution in [2.45, 2.75) is 50.5 Å². The molecule has 0 radical (unpaired) electrons. The van der Waals surface area contributed by atoms with Crippen LogP contribution in [0.3, 0.4) is 0 Å². The van der Waals surface area contributed by atoms with E-state index in [4.69, 9.17) is 4.74 Å². The number of halogens is 6. The first kappa shape index (κ1) is 26.2. The summed E-state index contributed by atoms with van der Waals surface area (Å²) in [5.41, 5.74) is -0.162. The number of aromatic amines is 1. The summed E-state index contributed by atoms with van der Waals surface area (Å²) >= 11 is 0. The van der Waals surface area contributed by atoms with Gasteiger partial charge in [-0.3, -0.25) is 4.90 Å². The highest BCUT2D eigenvalue weighted by Crippen LogP contribution is 2.38. The van der Waals surface area contributed by atoms with Crippen LogP contribution in [0.1, 0.15) is 47.0 Å². The number of rotatable bonds is 6. The number of likely N-dealkylation sites (tertiary alicyclic amines) is 1. The van der Waals surface area contributed by atoms with Crippen molar-refractivity contribution in [2.75, 3.05) is 6.54 Å². The van der Waals surface area contributed by atoms with Crippen LogP contribution in [0.4, 0.5) is 26.3 Å². The number of nitrogens with zero attached hydrogens (tertiary/aromatic N) is 2. The van der Waals surface area contributed by atoms with E-state index in [-0.39, 0.29) is 24.3 Å². The number of benzene rings is 3. The van der Waals surface area contributed by atoms with Gasteiger partial charge in [0.05, 0.1) is 47.5 Å². The van der Waals surface area contributed by atoms with Crippen LogP contribution in [0.25, 0.3) is 11.0 Å². The van der Waals surface area contributed by atoms with Crippen molar-refractivity contribution >= 4 is 11.0 Å². The molecular formula is C28H25F6N3O. The summed E-state index contributed by atoms with van der Waals surface area (Å²) in [6.07, 6.45) is -8.89. The van der Waals surface area contributed by atoms with Crippen LogP contribution in [0.5, 0.6) is 0 Å². The number of fused-ring (bicyclic) bond motifs is 1. The molecule has 1 fully saturated rings. The van der Waals surface area contributed by atoms with Crippen molar-refractivity contribution in [3.63, 3.8) is 0 Å². The van der Waals surface area contributed by atoms with Crippen molar-refractivity contribution in [2.24, 2.45) is 0 Å². The third-order valence-corrected chi connectivity index (χ3v) is 6.72. The number of H-pyrrole nitrogens is 1. The second-order valence-electron chi connectivity index (χ2n) is 9.43. The first-order chi connectivity index (χ1) is 18.1. The Hall–Kier alpha value is -3.37. The number of imidazole rings is 1. The molecule has 1 N–H and O–H groups in total. The molecule has 10 heteroatoms. The summed E-state index contributed by atoms with van der Waals surface area (Å²) in [5.74, 6) is 0.764. The van der Waals surface area contributed by atoms with Crippen LogP contribution < -0.4 is 0 Å². The molecule has 1 aromatic heterocycles. The molecule has 0 bridgehead atoms. The molecule has 1 saturated heterocycles. The Morgan fingerprint density at radius 2 is 1.53 bits per heavy atom. The molecule has 0 aliphatic carbocycles. The van der Waals surface area contributed by atoms with Crippen molar-refractivity contribution in [1.82, 2.24) is 14.9 Å². The molecule has 2 heterocycles. The Bertz CT molecular complexity index is 1320. The smallest absolute Gasteiger partial charge is 0.372 e. The molecule has 4 nitrogen and oxygen atoms in total. The highest BCUT2D eigenvalue weighted by Gasteiger charge is 2.38. The summed E-state index contributed by atoms with van der Waals surface area (Å²) in [6, 6.07) is 18.6. The zero-order chi connectivity index (χ0) is 26.9. The first-order valence-corrected chi connectivity index (χ1v) is 12.2. The van der Waals surface area contributed by atoms with Crippen LogP contribution in [-0.2, 0) is 30.2 Å². The number of para-hydroxylation sites is 2. The Morgan fingerprint density at radius 3 is 2.18 bits per heavy atom. The van der Waals surface area contributed by atoms with Gasteiger partial charge in [-0.05, 0) is 60.8 Å². The SMILES string of the molecule is FC(F)(F)c1cc(CO[C@@H]2CCCN(Cc3nc4ccccc4[nH]3)[C@@H]2c2ccccc2)cc(C(F)(F)F)c1. The fraction of sp³-hybridized carbons (Fsp3) is 0.321. The van der Waals surface area contributed by atoms with E-state index in [1.54, 1.807) is 0 Å². The molecule has 3 aromatic carbocycles. The van der Waals surface area contributed by atoms with Crippen LogP contribution >= 0.6 is 0 Å². The van der Waals surface area contributed by atoms with Gasteiger partial charge in [-0.15, -0.1) is 0 Å². The van der Waals surface area contributed by atoms with Gasteiger partial charge in [-0.1, -0.05) is 42.5 Å². The van der Waals surface area contributed by atoms with Gasteiger partial charge in [0.25, 0.3) is 0 Å². The minimum Gasteiger partial charge on any atom is -0.372 e. The maximum atomic E-state index is 13.3. The summed E-state index contributed by atoms with van der Waals surface area (Å²) in [5, 5.41) is 0. The molecule has 1 aliphatic rings. The monoisotopic (exact) mass is 533 g/mol. The van der Waals surface area contributed by atoms with E-state index in [0.29, 0.717) is 13.0 Å². The molecular weight excluding hydrogens is 508 g/mol. The molecule has 4 aromatic rings. The summed E-state index contributed by atoms with van der Waals surface area (Å²) in [7, 11) is 0. The highest BCUT2D eigenvalue weighted by molar-refractivity contribution is 5.74. The van der Waals surface area contributed by atoms with E-state index in [0.717, 1.165) is 47.5 Å². The molecule has 5 rings (SSSR count). The number of ether oxygens (including phenoxy) is 1. The van der Waals surface area contributed by atoms with E-state index in [2.05, 4.69) is 14.9 Å². The van der Waals surface area contributed by atoms with Crippen LogP contribution in [0.15, 0.2) is 72.8 Å². The zero-order valence-electron chi connectivity index (χ0n) is 20.2. The summed E-state index contributed by atoms with van der Waals surface area (Å²) in [4.78, 5) is 10.2. The highest BCUT2D eigenvalue weighted by atomic mass is 19.4. The zero-order valence-corrected chi connectivity index (χ0v) is 20.2. The Balaban J connectivity index is 1.41. The van der Waals surface area contributed by atoms with Gasteiger partial charge in [0.2, 0.25) is 0 Å². The van der Waals surface area contributed by atoms with Gasteiger partial charge >= 0.3 is 12.4 Å². The molecule has 2 atom stereocenters. The molecule has 0 unspecified atom stereocenters. The summed E-state index contributed by atoms with van der Waals surface area (Å²) in [6.45, 7) is 0.841.